The third-order valence-electron chi connectivity index (χ3n) is 5.16. The second-order valence-electron chi connectivity index (χ2n) is 7.14. The largest absolute Gasteiger partial charge is 0.378 e. The molecule has 1 N–H and O–H groups in total. The Balaban J connectivity index is 1.39. The molecule has 2 amide bonds. The van der Waals surface area contributed by atoms with E-state index in [2.05, 4.69) is 15.2 Å². The van der Waals surface area contributed by atoms with Gasteiger partial charge in [-0.25, -0.2) is 4.98 Å². The van der Waals surface area contributed by atoms with Crippen molar-refractivity contribution in [2.24, 2.45) is 0 Å². The highest BCUT2D eigenvalue weighted by atomic mass is 16.5. The number of amides is 2. The maximum atomic E-state index is 12.8. The lowest BCUT2D eigenvalue weighted by molar-refractivity contribution is -0.122. The Morgan fingerprint density at radius 2 is 1.93 bits per heavy atom. The molecule has 0 spiro atoms. The summed E-state index contributed by atoms with van der Waals surface area (Å²) in [5.41, 5.74) is 2.35. The Morgan fingerprint density at radius 3 is 2.68 bits per heavy atom. The fourth-order valence-corrected chi connectivity index (χ4v) is 3.60. The molecule has 0 aliphatic carbocycles. The molecule has 7 heteroatoms. The van der Waals surface area contributed by atoms with E-state index >= 15 is 0 Å². The van der Waals surface area contributed by atoms with E-state index in [1.54, 1.807) is 4.90 Å². The van der Waals surface area contributed by atoms with Gasteiger partial charge in [-0.1, -0.05) is 36.4 Å². The van der Waals surface area contributed by atoms with Crippen LogP contribution < -0.4 is 10.2 Å². The standard InChI is InChI=1S/C21H24N4O3/c1-15(16-5-3-2-4-6-16)22-19(26)14-25-13-17-7-8-18(23-20(17)21(25)27)24-9-11-28-12-10-24/h2-8,15H,9-14H2,1H3,(H,22,26)/t15-/m1/s1. The molecule has 0 bridgehead atoms. The number of hydrogen-bond donors (Lipinski definition) is 1. The van der Waals surface area contributed by atoms with Crippen molar-refractivity contribution in [3.63, 3.8) is 0 Å². The van der Waals surface area contributed by atoms with Gasteiger partial charge in [0, 0.05) is 25.2 Å². The highest BCUT2D eigenvalue weighted by Crippen LogP contribution is 2.24. The number of morpholine rings is 1. The molecule has 2 aliphatic heterocycles. The zero-order valence-electron chi connectivity index (χ0n) is 15.9. The van der Waals surface area contributed by atoms with E-state index in [0.29, 0.717) is 25.5 Å². The molecule has 2 aromatic rings. The number of benzene rings is 1. The maximum absolute atomic E-state index is 12.8. The second-order valence-corrected chi connectivity index (χ2v) is 7.14. The lowest BCUT2D eigenvalue weighted by atomic mass is 10.1. The Hall–Kier alpha value is -2.93. The Bertz CT molecular complexity index is 865. The van der Waals surface area contributed by atoms with E-state index in [4.69, 9.17) is 4.74 Å². The molecule has 0 unspecified atom stereocenters. The first-order valence-electron chi connectivity index (χ1n) is 9.58. The minimum absolute atomic E-state index is 0.0270. The van der Waals surface area contributed by atoms with Gasteiger partial charge in [0.2, 0.25) is 5.91 Å². The van der Waals surface area contributed by atoms with Crippen LogP contribution in [0.2, 0.25) is 0 Å². The molecule has 28 heavy (non-hydrogen) atoms. The summed E-state index contributed by atoms with van der Waals surface area (Å²) in [6, 6.07) is 13.5. The number of nitrogens with one attached hydrogen (secondary N) is 1. The van der Waals surface area contributed by atoms with Crippen molar-refractivity contribution < 1.29 is 14.3 Å². The molecule has 0 radical (unpaired) electrons. The van der Waals surface area contributed by atoms with Crippen LogP contribution in [0.25, 0.3) is 0 Å². The molecule has 2 aliphatic rings. The summed E-state index contributed by atoms with van der Waals surface area (Å²) in [6.07, 6.45) is 0. The zero-order chi connectivity index (χ0) is 19.5. The number of ether oxygens (including phenoxy) is 1. The summed E-state index contributed by atoms with van der Waals surface area (Å²) >= 11 is 0. The summed E-state index contributed by atoms with van der Waals surface area (Å²) in [5.74, 6) is 0.429. The van der Waals surface area contributed by atoms with Crippen LogP contribution in [-0.4, -0.2) is 54.5 Å². The molecule has 1 saturated heterocycles. The topological polar surface area (TPSA) is 74.8 Å². The number of carbonyl (C=O) groups excluding carboxylic acids is 2. The number of pyridine rings is 1. The predicted molar refractivity (Wildman–Crippen MR) is 105 cm³/mol. The minimum Gasteiger partial charge on any atom is -0.378 e. The average Bonchev–Trinajstić information content (AvgIpc) is 3.04. The highest BCUT2D eigenvalue weighted by molar-refractivity contribution is 5.99. The Labute approximate surface area is 164 Å². The summed E-state index contributed by atoms with van der Waals surface area (Å²) in [7, 11) is 0. The first-order valence-corrected chi connectivity index (χ1v) is 9.58. The van der Waals surface area contributed by atoms with Crippen LogP contribution in [0.1, 0.15) is 34.6 Å². The van der Waals surface area contributed by atoms with E-state index in [1.165, 1.54) is 0 Å². The molecule has 1 fully saturated rings. The van der Waals surface area contributed by atoms with Crippen LogP contribution >= 0.6 is 0 Å². The summed E-state index contributed by atoms with van der Waals surface area (Å²) < 4.78 is 5.37. The molecule has 146 valence electrons. The molecular formula is C21H24N4O3. The van der Waals surface area contributed by atoms with Crippen LogP contribution in [0.15, 0.2) is 42.5 Å². The van der Waals surface area contributed by atoms with Gasteiger partial charge >= 0.3 is 0 Å². The van der Waals surface area contributed by atoms with Gasteiger partial charge in [-0.3, -0.25) is 9.59 Å². The smallest absolute Gasteiger partial charge is 0.273 e. The summed E-state index contributed by atoms with van der Waals surface area (Å²) in [5, 5.41) is 2.96. The van der Waals surface area contributed by atoms with Crippen molar-refractivity contribution in [3.8, 4) is 0 Å². The third kappa shape index (κ3) is 3.84. The minimum atomic E-state index is -0.187. The molecule has 7 nitrogen and oxygen atoms in total. The SMILES string of the molecule is C[C@@H](NC(=O)CN1Cc2ccc(N3CCOCC3)nc2C1=O)c1ccccc1. The van der Waals surface area contributed by atoms with E-state index in [0.717, 1.165) is 30.0 Å². The van der Waals surface area contributed by atoms with Crippen molar-refractivity contribution in [1.29, 1.82) is 0 Å². The number of hydrogen-bond acceptors (Lipinski definition) is 5. The van der Waals surface area contributed by atoms with E-state index in [1.807, 2.05) is 49.4 Å². The number of fused-ring (bicyclic) bond motifs is 1. The predicted octanol–water partition coefficient (Wildman–Crippen LogP) is 1.75. The van der Waals surface area contributed by atoms with Gasteiger partial charge in [-0.2, -0.15) is 0 Å². The van der Waals surface area contributed by atoms with Gasteiger partial charge in [0.25, 0.3) is 5.91 Å². The second kappa shape index (κ2) is 7.98. The fraction of sp³-hybridized carbons (Fsp3) is 0.381. The van der Waals surface area contributed by atoms with E-state index in [9.17, 15) is 9.59 Å². The molecule has 1 aromatic carbocycles. The van der Waals surface area contributed by atoms with Crippen molar-refractivity contribution in [1.82, 2.24) is 15.2 Å². The van der Waals surface area contributed by atoms with Crippen LogP contribution in [0.4, 0.5) is 5.82 Å². The number of aromatic nitrogens is 1. The zero-order valence-corrected chi connectivity index (χ0v) is 15.9. The lowest BCUT2D eigenvalue weighted by Crippen LogP contribution is -2.38. The Kier molecular flexibility index (Phi) is 5.25. The van der Waals surface area contributed by atoms with Crippen LogP contribution in [-0.2, 0) is 16.1 Å². The molecule has 4 rings (SSSR count). The molecular weight excluding hydrogens is 356 g/mol. The first-order chi connectivity index (χ1) is 13.6. The fourth-order valence-electron chi connectivity index (χ4n) is 3.60. The van der Waals surface area contributed by atoms with Crippen LogP contribution in [0.5, 0.6) is 0 Å². The number of anilines is 1. The van der Waals surface area contributed by atoms with E-state index < -0.39 is 0 Å². The van der Waals surface area contributed by atoms with Gasteiger partial charge in [-0.05, 0) is 18.6 Å². The summed E-state index contributed by atoms with van der Waals surface area (Å²) in [4.78, 5) is 33.4. The molecule has 1 atom stereocenters. The van der Waals surface area contributed by atoms with Gasteiger partial charge in [0.15, 0.2) is 0 Å². The van der Waals surface area contributed by atoms with Gasteiger partial charge in [0.1, 0.15) is 18.1 Å². The normalized spacial score (nSPS) is 17.4. The van der Waals surface area contributed by atoms with Crippen molar-refractivity contribution in [2.45, 2.75) is 19.5 Å². The molecule has 3 heterocycles. The van der Waals surface area contributed by atoms with E-state index in [-0.39, 0.29) is 24.4 Å². The number of carbonyl (C=O) groups is 2. The molecule has 0 saturated carbocycles. The average molecular weight is 380 g/mol. The molecule has 1 aromatic heterocycles. The van der Waals surface area contributed by atoms with Gasteiger partial charge < -0.3 is 19.9 Å². The first kappa shape index (κ1) is 18.4. The maximum Gasteiger partial charge on any atom is 0.273 e. The lowest BCUT2D eigenvalue weighted by Gasteiger charge is -2.27. The quantitative estimate of drug-likeness (QED) is 0.855. The Morgan fingerprint density at radius 1 is 1.18 bits per heavy atom. The third-order valence-corrected chi connectivity index (χ3v) is 5.16. The number of nitrogens with zero attached hydrogens (tertiary/aromatic N) is 3. The van der Waals surface area contributed by atoms with Gasteiger partial charge in [0.05, 0.1) is 19.3 Å². The van der Waals surface area contributed by atoms with Crippen LogP contribution in [0, 0.1) is 0 Å². The highest BCUT2D eigenvalue weighted by Gasteiger charge is 2.31. The number of rotatable bonds is 5. The van der Waals surface area contributed by atoms with Crippen molar-refractivity contribution >= 4 is 17.6 Å². The van der Waals surface area contributed by atoms with Crippen molar-refractivity contribution in [2.75, 3.05) is 37.7 Å². The van der Waals surface area contributed by atoms with Crippen molar-refractivity contribution in [3.05, 3.63) is 59.3 Å². The van der Waals surface area contributed by atoms with Gasteiger partial charge in [-0.15, -0.1) is 0 Å². The summed E-state index contributed by atoms with van der Waals surface area (Å²) in [6.45, 7) is 5.24. The van der Waals surface area contributed by atoms with Crippen LogP contribution in [0.3, 0.4) is 0 Å². The monoisotopic (exact) mass is 380 g/mol.